The molecule has 0 radical (unpaired) electrons. The molecule has 1 unspecified atom stereocenters. The summed E-state index contributed by atoms with van der Waals surface area (Å²) in [6, 6.07) is -0.404. The fraction of sp³-hybridized carbons (Fsp3) is 0.967. The Morgan fingerprint density at radius 3 is 2.21 bits per heavy atom. The molecular weight excluding hydrogens is 502 g/mol. The highest BCUT2D eigenvalue weighted by Crippen LogP contribution is 2.37. The van der Waals surface area contributed by atoms with E-state index < -0.39 is 59.3 Å². The maximum atomic E-state index is 13.6. The monoisotopic (exact) mass is 559 g/mol. The van der Waals surface area contributed by atoms with E-state index in [1.54, 1.807) is 14.0 Å². The molecule has 2 saturated heterocycles. The Hall–Kier alpha value is -0.810. The third kappa shape index (κ3) is 8.84. The fourth-order valence-electron chi connectivity index (χ4n) is 6.85. The molecule has 0 saturated carbocycles. The summed E-state index contributed by atoms with van der Waals surface area (Å²) in [5, 5.41) is 34.1. The zero-order valence-corrected chi connectivity index (χ0v) is 26.3. The van der Waals surface area contributed by atoms with Crippen LogP contribution in [0.4, 0.5) is 0 Å². The van der Waals surface area contributed by atoms with Gasteiger partial charge in [-0.2, -0.15) is 0 Å². The van der Waals surface area contributed by atoms with Gasteiger partial charge in [0.15, 0.2) is 6.29 Å². The van der Waals surface area contributed by atoms with Crippen molar-refractivity contribution in [3.63, 3.8) is 0 Å². The van der Waals surface area contributed by atoms with Crippen LogP contribution < -0.4 is 0 Å². The minimum atomic E-state index is -1.67. The summed E-state index contributed by atoms with van der Waals surface area (Å²) in [4.78, 5) is 15.6. The quantitative estimate of drug-likeness (QED) is 0.445. The summed E-state index contributed by atoms with van der Waals surface area (Å²) >= 11 is 0. The summed E-state index contributed by atoms with van der Waals surface area (Å²) in [5.74, 6) is -1.33. The molecule has 0 spiro atoms. The van der Waals surface area contributed by atoms with Crippen molar-refractivity contribution in [1.29, 1.82) is 0 Å². The Morgan fingerprint density at radius 1 is 1.03 bits per heavy atom. The van der Waals surface area contributed by atoms with Crippen LogP contribution >= 0.6 is 0 Å². The molecule has 230 valence electrons. The maximum Gasteiger partial charge on any atom is 0.311 e. The van der Waals surface area contributed by atoms with Gasteiger partial charge in [-0.15, -0.1) is 0 Å². The number of aliphatic hydroxyl groups excluding tert-OH is 1. The number of ether oxygens (including phenoxy) is 4. The predicted molar refractivity (Wildman–Crippen MR) is 150 cm³/mol. The van der Waals surface area contributed by atoms with Gasteiger partial charge in [0.05, 0.1) is 29.3 Å². The van der Waals surface area contributed by atoms with Gasteiger partial charge in [0.25, 0.3) is 0 Å². The molecule has 2 heterocycles. The van der Waals surface area contributed by atoms with Gasteiger partial charge in [0.1, 0.15) is 17.8 Å². The van der Waals surface area contributed by atoms with E-state index >= 15 is 0 Å². The highest BCUT2D eigenvalue weighted by atomic mass is 16.7. The van der Waals surface area contributed by atoms with Gasteiger partial charge in [-0.05, 0) is 79.7 Å². The van der Waals surface area contributed by atoms with E-state index in [4.69, 9.17) is 18.9 Å². The number of rotatable bonds is 4. The van der Waals surface area contributed by atoms with Gasteiger partial charge in [-0.1, -0.05) is 20.8 Å². The van der Waals surface area contributed by atoms with E-state index in [-0.39, 0.29) is 17.9 Å². The van der Waals surface area contributed by atoms with Crippen LogP contribution in [0.2, 0.25) is 0 Å². The normalized spacial score (nSPS) is 48.2. The van der Waals surface area contributed by atoms with E-state index in [1.165, 1.54) is 6.92 Å². The molecule has 2 rings (SSSR count). The Labute approximate surface area is 236 Å². The Morgan fingerprint density at radius 2 is 1.64 bits per heavy atom. The number of likely N-dealkylation sites (N-methyl/N-ethyl adjacent to an activating group) is 1. The third-order valence-electron chi connectivity index (χ3n) is 9.11. The topological polar surface area (TPSA) is 118 Å². The van der Waals surface area contributed by atoms with Gasteiger partial charge >= 0.3 is 5.97 Å². The number of aliphatic hydroxyl groups is 3. The highest BCUT2D eigenvalue weighted by Gasteiger charge is 2.47. The van der Waals surface area contributed by atoms with Gasteiger partial charge in [0.2, 0.25) is 0 Å². The lowest BCUT2D eigenvalue weighted by molar-refractivity contribution is -0.265. The summed E-state index contributed by atoms with van der Waals surface area (Å²) in [6.45, 7) is 17.5. The summed E-state index contributed by atoms with van der Waals surface area (Å²) in [6.07, 6.45) is -0.846. The molecule has 3 N–H and O–H groups in total. The molecule has 9 nitrogen and oxygen atoms in total. The smallest absolute Gasteiger partial charge is 0.311 e. The lowest BCUT2D eigenvalue weighted by Crippen LogP contribution is -2.59. The van der Waals surface area contributed by atoms with E-state index in [9.17, 15) is 20.1 Å². The molecule has 0 aromatic rings. The lowest BCUT2D eigenvalue weighted by atomic mass is 9.80. The second-order valence-corrected chi connectivity index (χ2v) is 13.5. The second-order valence-electron chi connectivity index (χ2n) is 13.5. The number of nitrogens with zero attached hydrogens (tertiary/aromatic N) is 1. The fourth-order valence-corrected chi connectivity index (χ4v) is 6.85. The van der Waals surface area contributed by atoms with E-state index in [0.717, 1.165) is 6.42 Å². The van der Waals surface area contributed by atoms with Crippen molar-refractivity contribution in [3.8, 4) is 0 Å². The number of esters is 1. The largest absolute Gasteiger partial charge is 0.459 e. The molecule has 9 heteroatoms. The molecule has 2 aliphatic rings. The van der Waals surface area contributed by atoms with Crippen molar-refractivity contribution in [2.75, 3.05) is 20.7 Å². The van der Waals surface area contributed by atoms with Crippen LogP contribution in [0.15, 0.2) is 0 Å². The van der Waals surface area contributed by atoms with E-state index in [2.05, 4.69) is 6.92 Å². The van der Waals surface area contributed by atoms with Crippen LogP contribution in [0.25, 0.3) is 0 Å². The van der Waals surface area contributed by atoms with Crippen LogP contribution in [0, 0.1) is 17.8 Å². The highest BCUT2D eigenvalue weighted by molar-refractivity contribution is 5.73. The van der Waals surface area contributed by atoms with Gasteiger partial charge in [0, 0.05) is 32.5 Å². The number of carbonyl (C=O) groups is 1. The van der Waals surface area contributed by atoms with Crippen molar-refractivity contribution in [2.24, 2.45) is 17.8 Å². The molecule has 2 fully saturated rings. The summed E-state index contributed by atoms with van der Waals surface area (Å²) in [7, 11) is 3.58. The van der Waals surface area contributed by atoms with Crippen molar-refractivity contribution in [1.82, 2.24) is 4.90 Å². The molecule has 39 heavy (non-hydrogen) atoms. The first-order valence-electron chi connectivity index (χ1n) is 14.7. The van der Waals surface area contributed by atoms with Crippen molar-refractivity contribution < 1.29 is 39.1 Å². The molecule has 0 aliphatic carbocycles. The van der Waals surface area contributed by atoms with Crippen molar-refractivity contribution in [2.45, 2.75) is 148 Å². The standard InChI is InChI=1S/C30H57NO8/c1-12-23-30(9,35)26(32)22(6)31(10)17-18(2)13-28(7,34)14-19(3)25(21(5)27(33)38-23)39-24-16-29(8,36-11)15-20(4)37-24/h18-26,32,34-35H,12-17H2,1-11H3/t18-,19-,20+,21-,22?,23-,24+,25+,26-,28-,29+,30-/m1/s1. The second kappa shape index (κ2) is 13.4. The van der Waals surface area contributed by atoms with Crippen molar-refractivity contribution >= 4 is 5.97 Å². The molecule has 12 atom stereocenters. The first kappa shape index (κ1) is 34.4. The number of hydrogen-bond donors (Lipinski definition) is 3. The zero-order valence-electron chi connectivity index (χ0n) is 26.3. The number of hydrogen-bond acceptors (Lipinski definition) is 9. The van der Waals surface area contributed by atoms with Crippen molar-refractivity contribution in [3.05, 3.63) is 0 Å². The SMILES string of the molecule is CC[C@H]1OC(=O)[C@H](C)[C@@H](O[C@H]2C[C@@](C)(OC)C[C@H](C)O2)[C@H](C)C[C@](C)(O)C[C@@H](C)CN(C)C(C)[C@@H](O)[C@]1(C)O. The summed E-state index contributed by atoms with van der Waals surface area (Å²) in [5.41, 5.74) is -3.09. The van der Waals surface area contributed by atoms with Gasteiger partial charge in [-0.3, -0.25) is 4.79 Å². The molecule has 0 bridgehead atoms. The van der Waals surface area contributed by atoms with Crippen LogP contribution in [0.3, 0.4) is 0 Å². The number of cyclic esters (lactones) is 1. The first-order valence-corrected chi connectivity index (χ1v) is 14.7. The molecule has 2 aliphatic heterocycles. The Balaban J connectivity index is 2.45. The Kier molecular flexibility index (Phi) is 11.9. The van der Waals surface area contributed by atoms with E-state index in [0.29, 0.717) is 32.2 Å². The summed E-state index contributed by atoms with van der Waals surface area (Å²) < 4.78 is 24.3. The average Bonchev–Trinajstić information content (AvgIpc) is 2.82. The van der Waals surface area contributed by atoms with Crippen LogP contribution in [-0.2, 0) is 23.7 Å². The van der Waals surface area contributed by atoms with Gasteiger partial charge in [-0.25, -0.2) is 0 Å². The van der Waals surface area contributed by atoms with Crippen LogP contribution in [0.1, 0.15) is 94.4 Å². The molecular formula is C30H57NO8. The average molecular weight is 560 g/mol. The maximum absolute atomic E-state index is 13.6. The lowest BCUT2D eigenvalue weighted by Gasteiger charge is -2.43. The minimum absolute atomic E-state index is 0.0856. The zero-order chi connectivity index (χ0) is 29.9. The van der Waals surface area contributed by atoms with Crippen LogP contribution in [-0.4, -0.2) is 100 Å². The van der Waals surface area contributed by atoms with Gasteiger partial charge < -0.3 is 39.2 Å². The van der Waals surface area contributed by atoms with E-state index in [1.807, 2.05) is 53.5 Å². The third-order valence-corrected chi connectivity index (χ3v) is 9.11. The Bertz CT molecular complexity index is 791. The molecule has 0 aromatic carbocycles. The molecule has 0 amide bonds. The number of carbonyl (C=O) groups excluding carboxylic acids is 1. The molecule has 0 aromatic heterocycles. The first-order chi connectivity index (χ1) is 17.9. The minimum Gasteiger partial charge on any atom is -0.459 e. The van der Waals surface area contributed by atoms with Crippen LogP contribution in [0.5, 0.6) is 0 Å². The predicted octanol–water partition coefficient (Wildman–Crippen LogP) is 3.51. The number of methoxy groups -OCH3 is 1.